The number of halogens is 7. The third-order valence-electron chi connectivity index (χ3n) is 7.33. The molecule has 0 atom stereocenters. The van der Waals surface area contributed by atoms with Gasteiger partial charge in [0.05, 0.1) is 37.5 Å². The highest BCUT2D eigenvalue weighted by atomic mass is 79.9. The van der Waals surface area contributed by atoms with Crippen molar-refractivity contribution in [3.05, 3.63) is 105 Å². The van der Waals surface area contributed by atoms with Crippen molar-refractivity contribution in [2.24, 2.45) is 0 Å². The summed E-state index contributed by atoms with van der Waals surface area (Å²) in [7, 11) is 0. The van der Waals surface area contributed by atoms with Gasteiger partial charge in [0.15, 0.2) is 0 Å². The first-order valence-electron chi connectivity index (χ1n) is 14.0. The summed E-state index contributed by atoms with van der Waals surface area (Å²) >= 11 is 19.5. The summed E-state index contributed by atoms with van der Waals surface area (Å²) in [6.07, 6.45) is 1.03. The van der Waals surface area contributed by atoms with Crippen LogP contribution in [0.2, 0.25) is 10.0 Å². The van der Waals surface area contributed by atoms with Crippen molar-refractivity contribution in [1.29, 1.82) is 5.26 Å². The minimum Gasteiger partial charge on any atom is -1.00 e. The quantitative estimate of drug-likeness (QED) is 0.193. The molecule has 1 aliphatic rings. The normalized spacial score (nSPS) is 12.4. The number of benzene rings is 3. The summed E-state index contributed by atoms with van der Waals surface area (Å²) in [4.78, 5) is 10.9. The molecule has 3 aromatic carbocycles. The van der Waals surface area contributed by atoms with Gasteiger partial charge in [0.2, 0.25) is 0 Å². The van der Waals surface area contributed by atoms with Gasteiger partial charge < -0.3 is 22.0 Å². The van der Waals surface area contributed by atoms with E-state index < -0.39 is 17.2 Å². The van der Waals surface area contributed by atoms with E-state index in [1.807, 2.05) is 6.07 Å². The number of carbonyl (C=O) groups is 1. The zero-order chi connectivity index (χ0) is 32.5. The minimum absolute atomic E-state index is 0. The second-order valence-electron chi connectivity index (χ2n) is 9.89. The molecule has 3 aromatic rings. The summed E-state index contributed by atoms with van der Waals surface area (Å²) in [5.74, 6) is -1.14. The van der Waals surface area contributed by atoms with Gasteiger partial charge in [-0.1, -0.05) is 69.5 Å². The summed E-state index contributed by atoms with van der Waals surface area (Å²) in [5.41, 5.74) is 0.991. The third-order valence-corrected chi connectivity index (χ3v) is 8.84. The van der Waals surface area contributed by atoms with Crippen molar-refractivity contribution in [2.75, 3.05) is 30.8 Å². The third kappa shape index (κ3) is 13.6. The smallest absolute Gasteiger partial charge is 0.314 e. The fourth-order valence-electron chi connectivity index (χ4n) is 4.33. The maximum atomic E-state index is 13.3. The van der Waals surface area contributed by atoms with E-state index in [4.69, 9.17) is 45.2 Å². The molecule has 242 valence electrons. The van der Waals surface area contributed by atoms with Crippen LogP contribution in [0.1, 0.15) is 50.3 Å². The second kappa shape index (κ2) is 21.8. The fourth-order valence-corrected chi connectivity index (χ4v) is 4.70. The van der Waals surface area contributed by atoms with Crippen LogP contribution >= 0.6 is 50.7 Å². The lowest BCUT2D eigenvalue weighted by atomic mass is 9.96. The Kier molecular flexibility index (Phi) is 20.8. The molecule has 0 saturated heterocycles. The highest BCUT2D eigenvalue weighted by Gasteiger charge is 2.53. The molecule has 0 heterocycles. The average Bonchev–Trinajstić information content (AvgIpc) is 3.83. The number of carboxylic acids is 1. The van der Waals surface area contributed by atoms with E-state index in [0.29, 0.717) is 34.3 Å². The first-order chi connectivity index (χ1) is 20.5. The number of hydrogen-bond donors (Lipinski definition) is 1. The second-order valence-corrected chi connectivity index (χ2v) is 11.9. The van der Waals surface area contributed by atoms with E-state index in [2.05, 4.69) is 67.0 Å². The lowest BCUT2D eigenvalue weighted by molar-refractivity contribution is -0.936. The number of carboxylic acid groups (broad SMARTS) is 1. The maximum Gasteiger partial charge on any atom is 0.314 e. The van der Waals surface area contributed by atoms with E-state index >= 15 is 0 Å². The molecule has 1 N–H and O–H groups in total. The van der Waals surface area contributed by atoms with Crippen molar-refractivity contribution in [2.45, 2.75) is 52.0 Å². The number of nitriles is 1. The van der Waals surface area contributed by atoms with Crippen LogP contribution in [0, 0.1) is 23.0 Å². The van der Waals surface area contributed by atoms with Crippen molar-refractivity contribution < 1.29 is 35.6 Å². The standard InChI is InChI=1S/C13H22N.C10H8ClFO2.C8H5ClFN.C2H4BrCl.ClH/c1-4-14(5-2,6-3)12-13-10-8-7-9-11-13;11-6-1-2-8(12)7(5-6)10(3-4-10)9(13)14;9-7-1-2-8(10)6(5-7)3-4-11;3-1-2-4;/h7-11H,4-6,12H2,1-3H3;1-2,5H,3-4H2,(H,13,14);1-2,5H,3H2;1-2H2;1H/q+1;;;;/p-1. The number of alkyl halides is 2. The number of quaternary nitrogens is 1. The molecule has 4 rings (SSSR count). The number of nitrogens with zero attached hydrogens (tertiary/aromatic N) is 2. The van der Waals surface area contributed by atoms with Crippen LogP contribution in [0.25, 0.3) is 0 Å². The maximum absolute atomic E-state index is 13.3. The molecule has 0 unspecified atom stereocenters. The van der Waals surface area contributed by atoms with Crippen molar-refractivity contribution in [3.63, 3.8) is 0 Å². The predicted octanol–water partition coefficient (Wildman–Crippen LogP) is 6.83. The summed E-state index contributed by atoms with van der Waals surface area (Å²) in [6, 6.07) is 20.9. The van der Waals surface area contributed by atoms with E-state index in [1.165, 1.54) is 72.6 Å². The molecule has 1 saturated carbocycles. The summed E-state index contributed by atoms with van der Waals surface area (Å²) < 4.78 is 27.3. The largest absolute Gasteiger partial charge is 1.00 e. The van der Waals surface area contributed by atoms with Gasteiger partial charge in [-0.3, -0.25) is 4.79 Å². The van der Waals surface area contributed by atoms with Crippen LogP contribution in [0.3, 0.4) is 0 Å². The molecule has 0 bridgehead atoms. The van der Waals surface area contributed by atoms with Gasteiger partial charge in [-0.05, 0) is 70.0 Å². The zero-order valence-corrected chi connectivity index (χ0v) is 29.7. The Bertz CT molecular complexity index is 1310. The molecular weight excluding hydrogens is 716 g/mol. The van der Waals surface area contributed by atoms with E-state index in [1.54, 1.807) is 0 Å². The highest BCUT2D eigenvalue weighted by molar-refractivity contribution is 9.09. The fraction of sp³-hybridized carbons (Fsp3) is 0.394. The highest BCUT2D eigenvalue weighted by Crippen LogP contribution is 2.49. The number of rotatable bonds is 9. The van der Waals surface area contributed by atoms with Gasteiger partial charge in [-0.2, -0.15) is 5.26 Å². The van der Waals surface area contributed by atoms with Gasteiger partial charge in [-0.15, -0.1) is 11.6 Å². The van der Waals surface area contributed by atoms with Crippen LogP contribution in [0.5, 0.6) is 0 Å². The van der Waals surface area contributed by atoms with Gasteiger partial charge in [0.25, 0.3) is 0 Å². The molecule has 0 amide bonds. The molecule has 1 aliphatic carbocycles. The van der Waals surface area contributed by atoms with Crippen molar-refractivity contribution in [1.82, 2.24) is 0 Å². The Hall–Kier alpha value is -1.92. The van der Waals surface area contributed by atoms with Gasteiger partial charge in [0, 0.05) is 37.9 Å². The molecule has 11 heteroatoms. The van der Waals surface area contributed by atoms with Crippen LogP contribution in [0.15, 0.2) is 66.7 Å². The van der Waals surface area contributed by atoms with E-state index in [9.17, 15) is 13.6 Å². The molecule has 0 aromatic heterocycles. The Morgan fingerprint density at radius 2 is 1.45 bits per heavy atom. The van der Waals surface area contributed by atoms with Crippen molar-refractivity contribution >= 4 is 56.7 Å². The Morgan fingerprint density at radius 3 is 1.89 bits per heavy atom. The first-order valence-corrected chi connectivity index (χ1v) is 16.4. The van der Waals surface area contributed by atoms with E-state index in [0.717, 1.165) is 5.33 Å². The molecule has 4 nitrogen and oxygen atoms in total. The Labute approximate surface area is 290 Å². The first kappa shape index (κ1) is 42.1. The summed E-state index contributed by atoms with van der Waals surface area (Å²) in [5, 5.41) is 19.0. The molecule has 0 spiro atoms. The zero-order valence-electron chi connectivity index (χ0n) is 25.1. The molecule has 0 radical (unpaired) electrons. The molecular formula is C33H39BrCl4F2N2O2. The van der Waals surface area contributed by atoms with Crippen LogP contribution in [0.4, 0.5) is 8.78 Å². The summed E-state index contributed by atoms with van der Waals surface area (Å²) in [6.45, 7) is 11.7. The average molecular weight is 755 g/mol. The number of aliphatic carboxylic acids is 1. The SMILES string of the molecule is CC[N+](CC)(CC)Cc1ccccc1.ClCCBr.N#CCc1cc(Cl)ccc1F.O=C(O)C1(c2cc(Cl)ccc2F)CC1.[Cl-]. The molecule has 44 heavy (non-hydrogen) atoms. The van der Waals surface area contributed by atoms with Gasteiger partial charge in [-0.25, -0.2) is 8.78 Å². The van der Waals surface area contributed by atoms with Crippen LogP contribution in [-0.2, 0) is 23.2 Å². The van der Waals surface area contributed by atoms with Gasteiger partial charge >= 0.3 is 5.97 Å². The number of hydrogen-bond acceptors (Lipinski definition) is 2. The molecule has 0 aliphatic heterocycles. The van der Waals surface area contributed by atoms with Crippen LogP contribution < -0.4 is 12.4 Å². The van der Waals surface area contributed by atoms with Gasteiger partial charge in [0.1, 0.15) is 18.2 Å². The van der Waals surface area contributed by atoms with Crippen molar-refractivity contribution in [3.8, 4) is 6.07 Å². The minimum atomic E-state index is -1.02. The lowest BCUT2D eigenvalue weighted by Gasteiger charge is -2.35. The topological polar surface area (TPSA) is 61.1 Å². The molecule has 1 fully saturated rings. The van der Waals surface area contributed by atoms with Crippen LogP contribution in [-0.4, -0.2) is 46.4 Å². The lowest BCUT2D eigenvalue weighted by Crippen LogP contribution is -3.00. The van der Waals surface area contributed by atoms with E-state index in [-0.39, 0.29) is 30.2 Å². The Balaban J connectivity index is 0.000000591. The Morgan fingerprint density at radius 1 is 0.955 bits per heavy atom. The predicted molar refractivity (Wildman–Crippen MR) is 177 cm³/mol. The monoisotopic (exact) mass is 752 g/mol.